The van der Waals surface area contributed by atoms with E-state index in [0.717, 1.165) is 25.2 Å². The van der Waals surface area contributed by atoms with Gasteiger partial charge in [0.05, 0.1) is 26.3 Å². The van der Waals surface area contributed by atoms with E-state index in [-0.39, 0.29) is 24.5 Å². The van der Waals surface area contributed by atoms with Crippen LogP contribution in [0.1, 0.15) is 19.8 Å². The predicted molar refractivity (Wildman–Crippen MR) is 92.7 cm³/mol. The number of benzene rings is 1. The molecule has 0 aliphatic carbocycles. The Hall–Kier alpha value is -2.28. The van der Waals surface area contributed by atoms with Crippen LogP contribution in [0.5, 0.6) is 11.5 Å². The van der Waals surface area contributed by atoms with Crippen molar-refractivity contribution in [2.45, 2.75) is 25.9 Å². The van der Waals surface area contributed by atoms with E-state index in [1.165, 1.54) is 11.8 Å². The van der Waals surface area contributed by atoms with E-state index in [1.807, 2.05) is 12.1 Å². The number of amides is 2. The molecular weight excluding hydrogens is 324 g/mol. The second-order valence-corrected chi connectivity index (χ2v) is 5.91. The fraction of sp³-hybridized carbons (Fsp3) is 0.556. The molecule has 1 atom stereocenters. The number of methoxy groups -OCH3 is 1. The lowest BCUT2D eigenvalue weighted by atomic mass is 10.2. The molecule has 0 aromatic heterocycles. The van der Waals surface area contributed by atoms with Crippen LogP contribution in [0.15, 0.2) is 24.3 Å². The third-order valence-electron chi connectivity index (χ3n) is 3.98. The van der Waals surface area contributed by atoms with Crippen LogP contribution in [-0.4, -0.2) is 62.8 Å². The molecule has 1 aromatic carbocycles. The standard InChI is InChI=1S/C18H26N2O5/c1-14(21)20(12-17-4-3-10-24-17)13-18(22)19-9-11-25-16-7-5-15(23-2)6-8-16/h5-8,17H,3-4,9-13H2,1-2H3,(H,19,22). The highest BCUT2D eigenvalue weighted by Gasteiger charge is 2.22. The monoisotopic (exact) mass is 350 g/mol. The van der Waals surface area contributed by atoms with Crippen LogP contribution in [0, 0.1) is 0 Å². The zero-order valence-corrected chi connectivity index (χ0v) is 14.8. The van der Waals surface area contributed by atoms with Gasteiger partial charge in [0, 0.05) is 20.1 Å². The van der Waals surface area contributed by atoms with Gasteiger partial charge in [-0.3, -0.25) is 9.59 Å². The van der Waals surface area contributed by atoms with Crippen LogP contribution in [0.25, 0.3) is 0 Å². The van der Waals surface area contributed by atoms with E-state index < -0.39 is 0 Å². The van der Waals surface area contributed by atoms with Gasteiger partial charge in [-0.15, -0.1) is 0 Å². The first kappa shape index (κ1) is 19.1. The predicted octanol–water partition coefficient (Wildman–Crippen LogP) is 1.22. The first-order chi connectivity index (χ1) is 12.1. The van der Waals surface area contributed by atoms with Crippen molar-refractivity contribution < 1.29 is 23.8 Å². The number of carbonyl (C=O) groups excluding carboxylic acids is 2. The van der Waals surface area contributed by atoms with Crippen molar-refractivity contribution in [3.63, 3.8) is 0 Å². The Balaban J connectivity index is 1.66. The molecule has 1 fully saturated rings. The van der Waals surface area contributed by atoms with E-state index in [1.54, 1.807) is 19.2 Å². The summed E-state index contributed by atoms with van der Waals surface area (Å²) in [6, 6.07) is 7.23. The Morgan fingerprint density at radius 2 is 2.00 bits per heavy atom. The van der Waals surface area contributed by atoms with Gasteiger partial charge < -0.3 is 24.4 Å². The first-order valence-corrected chi connectivity index (χ1v) is 8.49. The van der Waals surface area contributed by atoms with Crippen molar-refractivity contribution in [2.24, 2.45) is 0 Å². The van der Waals surface area contributed by atoms with Crippen molar-refractivity contribution in [1.29, 1.82) is 0 Å². The average Bonchev–Trinajstić information content (AvgIpc) is 3.11. The summed E-state index contributed by atoms with van der Waals surface area (Å²) in [5.41, 5.74) is 0. The van der Waals surface area contributed by atoms with Gasteiger partial charge in [-0.25, -0.2) is 0 Å². The molecule has 1 aromatic rings. The van der Waals surface area contributed by atoms with Gasteiger partial charge in [-0.05, 0) is 37.1 Å². The van der Waals surface area contributed by atoms with Gasteiger partial charge >= 0.3 is 0 Å². The van der Waals surface area contributed by atoms with Crippen molar-refractivity contribution in [1.82, 2.24) is 10.2 Å². The lowest BCUT2D eigenvalue weighted by Gasteiger charge is -2.23. The minimum absolute atomic E-state index is 0.0371. The van der Waals surface area contributed by atoms with Crippen LogP contribution in [0.2, 0.25) is 0 Å². The molecule has 138 valence electrons. The number of ether oxygens (including phenoxy) is 3. The number of rotatable bonds is 9. The van der Waals surface area contributed by atoms with E-state index in [4.69, 9.17) is 14.2 Å². The topological polar surface area (TPSA) is 77.1 Å². The SMILES string of the molecule is COc1ccc(OCCNC(=O)CN(CC2CCCO2)C(C)=O)cc1. The largest absolute Gasteiger partial charge is 0.497 e. The Labute approximate surface area is 148 Å². The molecule has 1 aliphatic heterocycles. The number of hydrogen-bond donors (Lipinski definition) is 1. The number of nitrogens with zero attached hydrogens (tertiary/aromatic N) is 1. The molecule has 1 heterocycles. The summed E-state index contributed by atoms with van der Waals surface area (Å²) in [5.74, 6) is 1.14. The van der Waals surface area contributed by atoms with Crippen molar-refractivity contribution >= 4 is 11.8 Å². The van der Waals surface area contributed by atoms with E-state index in [0.29, 0.717) is 25.4 Å². The molecule has 7 heteroatoms. The zero-order valence-electron chi connectivity index (χ0n) is 14.8. The minimum atomic E-state index is -0.202. The number of hydrogen-bond acceptors (Lipinski definition) is 5. The maximum atomic E-state index is 12.0. The van der Waals surface area contributed by atoms with Gasteiger partial charge in [-0.2, -0.15) is 0 Å². The second kappa shape index (κ2) is 9.88. The summed E-state index contributed by atoms with van der Waals surface area (Å²) in [7, 11) is 1.61. The summed E-state index contributed by atoms with van der Waals surface area (Å²) in [4.78, 5) is 25.2. The quantitative estimate of drug-likeness (QED) is 0.678. The van der Waals surface area contributed by atoms with Crippen molar-refractivity contribution in [2.75, 3.05) is 40.0 Å². The molecule has 1 saturated heterocycles. The molecule has 2 rings (SSSR count). The maximum absolute atomic E-state index is 12.0. The summed E-state index contributed by atoms with van der Waals surface area (Å²) in [6.07, 6.45) is 1.97. The lowest BCUT2D eigenvalue weighted by Crippen LogP contribution is -2.43. The molecular formula is C18H26N2O5. The van der Waals surface area contributed by atoms with Gasteiger partial charge in [-0.1, -0.05) is 0 Å². The smallest absolute Gasteiger partial charge is 0.239 e. The van der Waals surface area contributed by atoms with Gasteiger partial charge in [0.15, 0.2) is 0 Å². The minimum Gasteiger partial charge on any atom is -0.497 e. The van der Waals surface area contributed by atoms with Crippen LogP contribution in [0.3, 0.4) is 0 Å². The van der Waals surface area contributed by atoms with Crippen LogP contribution in [0.4, 0.5) is 0 Å². The summed E-state index contributed by atoms with van der Waals surface area (Å²) in [5, 5.41) is 2.76. The highest BCUT2D eigenvalue weighted by Crippen LogP contribution is 2.16. The van der Waals surface area contributed by atoms with Gasteiger partial charge in [0.1, 0.15) is 18.1 Å². The Kier molecular flexibility index (Phi) is 7.53. The highest BCUT2D eigenvalue weighted by molar-refractivity contribution is 5.83. The average molecular weight is 350 g/mol. The third-order valence-corrected chi connectivity index (χ3v) is 3.98. The van der Waals surface area contributed by atoms with Crippen LogP contribution < -0.4 is 14.8 Å². The number of nitrogens with one attached hydrogen (secondary N) is 1. The first-order valence-electron chi connectivity index (χ1n) is 8.49. The molecule has 0 radical (unpaired) electrons. The Bertz CT molecular complexity index is 555. The molecule has 1 unspecified atom stereocenters. The molecule has 7 nitrogen and oxygen atoms in total. The molecule has 0 saturated carbocycles. The normalized spacial score (nSPS) is 16.3. The highest BCUT2D eigenvalue weighted by atomic mass is 16.5. The zero-order chi connectivity index (χ0) is 18.1. The van der Waals surface area contributed by atoms with Crippen molar-refractivity contribution in [3.05, 3.63) is 24.3 Å². The Morgan fingerprint density at radius 1 is 1.28 bits per heavy atom. The molecule has 25 heavy (non-hydrogen) atoms. The van der Waals surface area contributed by atoms with Gasteiger partial charge in [0.25, 0.3) is 0 Å². The lowest BCUT2D eigenvalue weighted by molar-refractivity contribution is -0.135. The molecule has 2 amide bonds. The molecule has 0 bridgehead atoms. The summed E-state index contributed by atoms with van der Waals surface area (Å²) < 4.78 is 16.1. The Morgan fingerprint density at radius 3 is 2.60 bits per heavy atom. The van der Waals surface area contributed by atoms with Crippen LogP contribution >= 0.6 is 0 Å². The molecule has 0 spiro atoms. The molecule has 1 N–H and O–H groups in total. The van der Waals surface area contributed by atoms with Gasteiger partial charge in [0.2, 0.25) is 11.8 Å². The summed E-state index contributed by atoms with van der Waals surface area (Å²) >= 11 is 0. The van der Waals surface area contributed by atoms with E-state index in [9.17, 15) is 9.59 Å². The van der Waals surface area contributed by atoms with E-state index in [2.05, 4.69) is 5.32 Å². The summed E-state index contributed by atoms with van der Waals surface area (Å²) in [6.45, 7) is 3.42. The maximum Gasteiger partial charge on any atom is 0.239 e. The fourth-order valence-electron chi connectivity index (χ4n) is 2.60. The fourth-order valence-corrected chi connectivity index (χ4v) is 2.60. The third kappa shape index (κ3) is 6.62. The second-order valence-electron chi connectivity index (χ2n) is 5.91. The van der Waals surface area contributed by atoms with Crippen molar-refractivity contribution in [3.8, 4) is 11.5 Å². The van der Waals surface area contributed by atoms with Crippen LogP contribution in [-0.2, 0) is 14.3 Å². The number of carbonyl (C=O) groups is 2. The van der Waals surface area contributed by atoms with E-state index >= 15 is 0 Å². The molecule has 1 aliphatic rings.